The number of benzene rings is 1. The van der Waals surface area contributed by atoms with E-state index in [0.717, 1.165) is 41.4 Å². The number of carbonyl (C=O) groups is 2. The first kappa shape index (κ1) is 26.8. The fraction of sp³-hybridized carbons (Fsp3) is 0.600. The molecule has 2 rings (SSSR count). The SMILES string of the molecule is CCOC(=O)CCC(=O)c1cc2cc(CCCCO[Si](C)(C)C(C)(C)C)c(OC)cc2[se]1. The summed E-state index contributed by atoms with van der Waals surface area (Å²) in [6.45, 7) is 14.3. The summed E-state index contributed by atoms with van der Waals surface area (Å²) in [6, 6.07) is 6.24. The molecule has 0 saturated carbocycles. The summed E-state index contributed by atoms with van der Waals surface area (Å²) < 4.78 is 18.8. The molecule has 0 unspecified atom stereocenters. The summed E-state index contributed by atoms with van der Waals surface area (Å²) in [5.41, 5.74) is 1.17. The van der Waals surface area contributed by atoms with E-state index in [-0.39, 0.29) is 44.1 Å². The Labute approximate surface area is 199 Å². The number of aryl methyl sites for hydroxylation is 1. The van der Waals surface area contributed by atoms with Gasteiger partial charge in [-0.15, -0.1) is 0 Å². The van der Waals surface area contributed by atoms with Gasteiger partial charge in [-0.25, -0.2) is 0 Å². The Hall–Kier alpha value is -1.40. The average molecular weight is 526 g/mol. The Bertz CT molecular complexity index is 926. The van der Waals surface area contributed by atoms with Gasteiger partial charge in [0.05, 0.1) is 0 Å². The van der Waals surface area contributed by atoms with Crippen LogP contribution < -0.4 is 4.74 Å². The maximum absolute atomic E-state index is 12.6. The molecule has 0 N–H and O–H groups in total. The monoisotopic (exact) mass is 526 g/mol. The number of unbranched alkanes of at least 4 members (excludes halogenated alkanes) is 1. The number of carbonyl (C=O) groups excluding carboxylic acids is 2. The second-order valence-electron chi connectivity index (χ2n) is 9.61. The van der Waals surface area contributed by atoms with Crippen LogP contribution in [0.25, 0.3) is 9.65 Å². The van der Waals surface area contributed by atoms with Crippen molar-refractivity contribution in [3.8, 4) is 5.75 Å². The van der Waals surface area contributed by atoms with Gasteiger partial charge in [-0.1, -0.05) is 0 Å². The Morgan fingerprint density at radius 1 is 1.06 bits per heavy atom. The third-order valence-corrected chi connectivity index (χ3v) is 13.1. The van der Waals surface area contributed by atoms with Crippen molar-refractivity contribution < 1.29 is 23.5 Å². The van der Waals surface area contributed by atoms with E-state index in [0.29, 0.717) is 6.61 Å². The number of ketones is 1. The van der Waals surface area contributed by atoms with Crippen molar-refractivity contribution in [3.63, 3.8) is 0 Å². The normalized spacial score (nSPS) is 12.2. The first-order valence-electron chi connectivity index (χ1n) is 11.4. The molecular formula is C25H38O5SeSi. The van der Waals surface area contributed by atoms with Gasteiger partial charge in [-0.3, -0.25) is 0 Å². The van der Waals surface area contributed by atoms with Crippen molar-refractivity contribution in [2.24, 2.45) is 0 Å². The van der Waals surface area contributed by atoms with Crippen molar-refractivity contribution in [2.45, 2.75) is 77.9 Å². The van der Waals surface area contributed by atoms with E-state index in [9.17, 15) is 9.59 Å². The van der Waals surface area contributed by atoms with Crippen LogP contribution in [-0.2, 0) is 20.4 Å². The third kappa shape index (κ3) is 7.31. The first-order chi connectivity index (χ1) is 15.0. The van der Waals surface area contributed by atoms with Crippen LogP contribution in [0.3, 0.4) is 0 Å². The van der Waals surface area contributed by atoms with Gasteiger partial charge in [0.25, 0.3) is 0 Å². The Morgan fingerprint density at radius 2 is 1.78 bits per heavy atom. The first-order valence-corrected chi connectivity index (χ1v) is 16.0. The molecule has 1 aromatic heterocycles. The molecule has 2 aromatic rings. The van der Waals surface area contributed by atoms with Crippen LogP contribution in [0.1, 0.15) is 68.2 Å². The topological polar surface area (TPSA) is 61.8 Å². The number of fused-ring (bicyclic) bond motifs is 1. The quantitative estimate of drug-likeness (QED) is 0.152. The molecule has 0 fully saturated rings. The molecule has 0 aliphatic carbocycles. The van der Waals surface area contributed by atoms with Crippen LogP contribution in [0.2, 0.25) is 18.1 Å². The van der Waals surface area contributed by atoms with Crippen LogP contribution in [0, 0.1) is 0 Å². The minimum absolute atomic E-state index is 0.0394. The van der Waals surface area contributed by atoms with Crippen molar-refractivity contribution >= 4 is 44.2 Å². The van der Waals surface area contributed by atoms with Crippen molar-refractivity contribution in [3.05, 3.63) is 28.2 Å². The number of ether oxygens (including phenoxy) is 2. The van der Waals surface area contributed by atoms with Crippen LogP contribution in [0.4, 0.5) is 0 Å². The van der Waals surface area contributed by atoms with Gasteiger partial charge in [0, 0.05) is 0 Å². The number of Topliss-reactive ketones (excluding diaryl/α,β-unsaturated/α-hetero) is 1. The van der Waals surface area contributed by atoms with Crippen molar-refractivity contribution in [1.82, 2.24) is 0 Å². The molecule has 0 amide bonds. The molecule has 7 heteroatoms. The maximum atomic E-state index is 12.6. The van der Waals surface area contributed by atoms with E-state index >= 15 is 0 Å². The molecule has 1 heterocycles. The number of rotatable bonds is 12. The molecule has 32 heavy (non-hydrogen) atoms. The summed E-state index contributed by atoms with van der Waals surface area (Å²) in [5.74, 6) is 0.619. The van der Waals surface area contributed by atoms with Crippen LogP contribution in [-0.4, -0.2) is 54.9 Å². The van der Waals surface area contributed by atoms with Crippen LogP contribution in [0.5, 0.6) is 5.75 Å². The second-order valence-corrected chi connectivity index (χ2v) is 16.7. The van der Waals surface area contributed by atoms with Gasteiger partial charge < -0.3 is 0 Å². The zero-order chi connectivity index (χ0) is 23.9. The van der Waals surface area contributed by atoms with Gasteiger partial charge in [0.1, 0.15) is 0 Å². The van der Waals surface area contributed by atoms with Gasteiger partial charge >= 0.3 is 200 Å². The standard InChI is InChI=1S/C25H38O5SeSi/c1-8-29-24(27)13-12-20(26)23-16-19-15-18(21(28-5)17-22(19)31-23)11-9-10-14-30-32(6,7)25(2,3)4/h15-17H,8-14H2,1-7H3. The van der Waals surface area contributed by atoms with E-state index in [1.807, 2.05) is 6.07 Å². The van der Waals surface area contributed by atoms with Gasteiger partial charge in [0.2, 0.25) is 0 Å². The Balaban J connectivity index is 1.99. The number of hydrogen-bond donors (Lipinski definition) is 0. The molecule has 1 aromatic carbocycles. The fourth-order valence-corrected chi connectivity index (χ4v) is 6.44. The summed E-state index contributed by atoms with van der Waals surface area (Å²) in [6.07, 6.45) is 3.32. The molecule has 0 spiro atoms. The summed E-state index contributed by atoms with van der Waals surface area (Å²) in [4.78, 5) is 24.1. The molecule has 5 nitrogen and oxygen atoms in total. The van der Waals surface area contributed by atoms with Crippen molar-refractivity contribution in [1.29, 1.82) is 0 Å². The summed E-state index contributed by atoms with van der Waals surface area (Å²) in [7, 11) is 0.00640. The Kier molecular flexibility index (Phi) is 9.77. The molecule has 0 saturated heterocycles. The van der Waals surface area contributed by atoms with Crippen molar-refractivity contribution in [2.75, 3.05) is 20.3 Å². The van der Waals surface area contributed by atoms with Crippen LogP contribution >= 0.6 is 0 Å². The fourth-order valence-electron chi connectivity index (χ4n) is 3.17. The van der Waals surface area contributed by atoms with E-state index < -0.39 is 8.32 Å². The van der Waals surface area contributed by atoms with Gasteiger partial charge in [0.15, 0.2) is 0 Å². The molecule has 0 atom stereocenters. The minimum atomic E-state index is -1.69. The molecule has 0 bridgehead atoms. The summed E-state index contributed by atoms with van der Waals surface area (Å²) >= 11 is -0.0517. The second kappa shape index (κ2) is 11.6. The Morgan fingerprint density at radius 3 is 2.41 bits per heavy atom. The number of esters is 1. The van der Waals surface area contributed by atoms with E-state index in [2.05, 4.69) is 46.0 Å². The molecule has 178 valence electrons. The predicted molar refractivity (Wildman–Crippen MR) is 134 cm³/mol. The molecular weight excluding hydrogens is 487 g/mol. The van der Waals surface area contributed by atoms with Gasteiger partial charge in [-0.2, -0.15) is 0 Å². The summed E-state index contributed by atoms with van der Waals surface area (Å²) in [5, 5.41) is 1.34. The predicted octanol–water partition coefficient (Wildman–Crippen LogP) is 5.78. The number of methoxy groups -OCH3 is 1. The van der Waals surface area contributed by atoms with E-state index in [1.54, 1.807) is 14.0 Å². The number of hydrogen-bond acceptors (Lipinski definition) is 5. The zero-order valence-corrected chi connectivity index (χ0v) is 23.3. The average Bonchev–Trinajstić information content (AvgIpc) is 3.13. The van der Waals surface area contributed by atoms with Crippen LogP contribution in [0.15, 0.2) is 18.2 Å². The van der Waals surface area contributed by atoms with E-state index in [1.165, 1.54) is 9.82 Å². The van der Waals surface area contributed by atoms with E-state index in [4.69, 9.17) is 13.9 Å². The third-order valence-electron chi connectivity index (χ3n) is 6.17. The zero-order valence-electron chi connectivity index (χ0n) is 20.6. The molecule has 0 radical (unpaired) electrons. The molecule has 0 aliphatic heterocycles. The van der Waals surface area contributed by atoms with Gasteiger partial charge in [-0.05, 0) is 0 Å². The molecule has 0 aliphatic rings.